The monoisotopic (exact) mass is 406 g/mol. The first-order valence-electron chi connectivity index (χ1n) is 7.94. The highest BCUT2D eigenvalue weighted by Gasteiger charge is 2.38. The van der Waals surface area contributed by atoms with Gasteiger partial charge in [-0.05, 0) is 30.2 Å². The normalized spacial score (nSPS) is 12.9. The smallest absolute Gasteiger partial charge is 0.383 e. The van der Waals surface area contributed by atoms with Gasteiger partial charge in [-0.3, -0.25) is 0 Å². The molecule has 0 aliphatic carbocycles. The van der Waals surface area contributed by atoms with Gasteiger partial charge in [0.05, 0.1) is 22.2 Å². The summed E-state index contributed by atoms with van der Waals surface area (Å²) in [5.41, 5.74) is 2.07. The van der Waals surface area contributed by atoms with Crippen LogP contribution in [0.2, 0.25) is 0 Å². The van der Waals surface area contributed by atoms with E-state index in [-0.39, 0.29) is 11.8 Å². The molecule has 4 nitrogen and oxygen atoms in total. The molecule has 11 heteroatoms. The van der Waals surface area contributed by atoms with Gasteiger partial charge in [0.1, 0.15) is 11.6 Å². The Hall–Kier alpha value is -2.85. The second-order valence-corrected chi connectivity index (χ2v) is 6.40. The molecule has 0 saturated carbocycles. The van der Waals surface area contributed by atoms with Crippen LogP contribution in [0.25, 0.3) is 16.7 Å². The summed E-state index contributed by atoms with van der Waals surface area (Å²) in [6, 6.07) is 2.49. The Kier molecular flexibility index (Phi) is 4.51. The minimum atomic E-state index is -4.98. The van der Waals surface area contributed by atoms with Crippen molar-refractivity contribution in [1.29, 1.82) is 0 Å². The molecule has 0 aliphatic rings. The molecule has 0 radical (unpaired) electrons. The molecule has 2 aromatic heterocycles. The van der Waals surface area contributed by atoms with E-state index in [4.69, 9.17) is 5.73 Å². The molecule has 1 aromatic carbocycles. The zero-order chi connectivity index (χ0) is 21.0. The van der Waals surface area contributed by atoms with Crippen molar-refractivity contribution >= 4 is 16.9 Å². The maximum Gasteiger partial charge on any atom is 0.418 e. The summed E-state index contributed by atoms with van der Waals surface area (Å²) in [6.07, 6.45) is -9.81. The van der Waals surface area contributed by atoms with Crippen LogP contribution in [0, 0.1) is 5.82 Å². The summed E-state index contributed by atoms with van der Waals surface area (Å²) < 4.78 is 94.3. The molecule has 3 rings (SSSR count). The number of rotatable bonds is 2. The van der Waals surface area contributed by atoms with Gasteiger partial charge in [0.2, 0.25) is 0 Å². The number of aromatic nitrogens is 3. The van der Waals surface area contributed by atoms with Crippen molar-refractivity contribution in [3.05, 3.63) is 46.9 Å². The largest absolute Gasteiger partial charge is 0.418 e. The average Bonchev–Trinajstić information content (AvgIpc) is 2.89. The number of pyridine rings is 1. The fraction of sp³-hybridized carbons (Fsp3) is 0.294. The Morgan fingerprint density at radius 2 is 1.57 bits per heavy atom. The van der Waals surface area contributed by atoms with Crippen LogP contribution in [-0.4, -0.2) is 14.8 Å². The Labute approximate surface area is 153 Å². The van der Waals surface area contributed by atoms with E-state index < -0.39 is 57.8 Å². The van der Waals surface area contributed by atoms with E-state index in [1.165, 1.54) is 0 Å². The molecule has 0 fully saturated rings. The number of anilines is 1. The minimum Gasteiger partial charge on any atom is -0.383 e. The Morgan fingerprint density at radius 3 is 2.11 bits per heavy atom. The Bertz CT molecular complexity index is 1050. The van der Waals surface area contributed by atoms with Crippen molar-refractivity contribution in [1.82, 2.24) is 14.8 Å². The van der Waals surface area contributed by atoms with Gasteiger partial charge in [0.15, 0.2) is 5.65 Å². The lowest BCUT2D eigenvalue weighted by Gasteiger charge is -2.14. The number of hydrogen-bond donors (Lipinski definition) is 1. The number of fused-ring (bicyclic) bond motifs is 1. The molecule has 0 aliphatic heterocycles. The lowest BCUT2D eigenvalue weighted by atomic mass is 10.0. The summed E-state index contributed by atoms with van der Waals surface area (Å²) in [4.78, 5) is 4.00. The van der Waals surface area contributed by atoms with Crippen LogP contribution in [0.1, 0.15) is 36.6 Å². The predicted molar refractivity (Wildman–Crippen MR) is 87.3 cm³/mol. The maximum absolute atomic E-state index is 13.5. The van der Waals surface area contributed by atoms with Gasteiger partial charge >= 0.3 is 12.4 Å². The van der Waals surface area contributed by atoms with Crippen LogP contribution in [0.3, 0.4) is 0 Å². The topological polar surface area (TPSA) is 56.7 Å². The average molecular weight is 406 g/mol. The predicted octanol–water partition coefficient (Wildman–Crippen LogP) is 5.30. The summed E-state index contributed by atoms with van der Waals surface area (Å²) in [5, 5.41) is 3.15. The van der Waals surface area contributed by atoms with Crippen molar-refractivity contribution in [3.8, 4) is 5.69 Å². The van der Waals surface area contributed by atoms with Crippen LogP contribution in [0.4, 0.5) is 36.6 Å². The lowest BCUT2D eigenvalue weighted by Crippen LogP contribution is -2.13. The van der Waals surface area contributed by atoms with E-state index in [9.17, 15) is 30.7 Å². The van der Waals surface area contributed by atoms with Gasteiger partial charge in [0.25, 0.3) is 0 Å². The van der Waals surface area contributed by atoms with Crippen molar-refractivity contribution in [3.63, 3.8) is 0 Å². The zero-order valence-corrected chi connectivity index (χ0v) is 14.5. The second-order valence-electron chi connectivity index (χ2n) is 6.40. The van der Waals surface area contributed by atoms with Gasteiger partial charge in [-0.2, -0.15) is 26.3 Å². The number of nitrogen functional groups attached to an aromatic ring is 1. The van der Waals surface area contributed by atoms with Gasteiger partial charge in [-0.25, -0.2) is 14.1 Å². The molecule has 150 valence electrons. The summed E-state index contributed by atoms with van der Waals surface area (Å²) in [7, 11) is 0. The molecule has 2 N–H and O–H groups in total. The highest BCUT2D eigenvalue weighted by atomic mass is 19.4. The van der Waals surface area contributed by atoms with E-state index >= 15 is 0 Å². The molecular formula is C17H13F7N4. The third-order valence-electron chi connectivity index (χ3n) is 4.09. The van der Waals surface area contributed by atoms with Gasteiger partial charge in [0, 0.05) is 5.69 Å². The molecule has 28 heavy (non-hydrogen) atoms. The fourth-order valence-electron chi connectivity index (χ4n) is 2.75. The first kappa shape index (κ1) is 19.9. The highest BCUT2D eigenvalue weighted by molar-refractivity contribution is 5.91. The van der Waals surface area contributed by atoms with Gasteiger partial charge in [-0.15, -0.1) is 5.10 Å². The molecule has 2 heterocycles. The molecule has 0 unspecified atom stereocenters. The van der Waals surface area contributed by atoms with E-state index in [2.05, 4.69) is 10.1 Å². The number of nitrogens with zero attached hydrogens (tertiary/aromatic N) is 3. The van der Waals surface area contributed by atoms with E-state index in [1.807, 2.05) is 0 Å². The summed E-state index contributed by atoms with van der Waals surface area (Å²) in [6.45, 7) is 3.22. The molecule has 0 saturated heterocycles. The van der Waals surface area contributed by atoms with Crippen LogP contribution >= 0.6 is 0 Å². The van der Waals surface area contributed by atoms with Crippen molar-refractivity contribution in [2.45, 2.75) is 32.1 Å². The first-order valence-corrected chi connectivity index (χ1v) is 7.94. The molecule has 0 spiro atoms. The van der Waals surface area contributed by atoms with Crippen molar-refractivity contribution < 1.29 is 30.7 Å². The number of nitrogens with two attached hydrogens (primary N) is 1. The van der Waals surface area contributed by atoms with E-state index in [1.54, 1.807) is 13.8 Å². The lowest BCUT2D eigenvalue weighted by molar-refractivity contribution is -0.138. The molecule has 0 atom stereocenters. The number of halogens is 7. The Balaban J connectivity index is 2.39. The number of hydrogen-bond acceptors (Lipinski definition) is 3. The van der Waals surface area contributed by atoms with Gasteiger partial charge in [-0.1, -0.05) is 13.8 Å². The maximum atomic E-state index is 13.5. The number of benzene rings is 1. The van der Waals surface area contributed by atoms with Crippen LogP contribution in [0.15, 0.2) is 24.3 Å². The molecule has 3 aromatic rings. The van der Waals surface area contributed by atoms with E-state index in [0.29, 0.717) is 4.68 Å². The van der Waals surface area contributed by atoms with Crippen LogP contribution < -0.4 is 5.73 Å². The first-order chi connectivity index (χ1) is 12.8. The molecule has 0 amide bonds. The summed E-state index contributed by atoms with van der Waals surface area (Å²) in [5.74, 6) is -2.24. The fourth-order valence-corrected chi connectivity index (χ4v) is 2.75. The Morgan fingerprint density at radius 1 is 0.964 bits per heavy atom. The van der Waals surface area contributed by atoms with Crippen LogP contribution in [0.5, 0.6) is 0 Å². The third-order valence-corrected chi connectivity index (χ3v) is 4.09. The number of alkyl halides is 6. The summed E-state index contributed by atoms with van der Waals surface area (Å²) >= 11 is 0. The quantitative estimate of drug-likeness (QED) is 0.588. The zero-order valence-electron chi connectivity index (χ0n) is 14.5. The highest BCUT2D eigenvalue weighted by Crippen LogP contribution is 2.40. The van der Waals surface area contributed by atoms with Gasteiger partial charge < -0.3 is 5.73 Å². The van der Waals surface area contributed by atoms with Crippen LogP contribution in [-0.2, 0) is 12.4 Å². The van der Waals surface area contributed by atoms with E-state index in [0.717, 1.165) is 18.2 Å². The second kappa shape index (κ2) is 6.35. The SMILES string of the molecule is CC(C)c1cc(C(F)(F)F)c2c(N)n(-c3ccc(F)cc3C(F)(F)F)nc2n1. The molecular weight excluding hydrogens is 393 g/mol. The van der Waals surface area contributed by atoms with Crippen molar-refractivity contribution in [2.75, 3.05) is 5.73 Å². The minimum absolute atomic E-state index is 0.0552. The standard InChI is InChI=1S/C17H13F7N4/c1-7(2)11-6-10(17(22,23)24)13-14(25)28(27-15(13)26-11)12-4-3-8(18)5-9(12)16(19,20)21/h3-7H,25H2,1-2H3. The molecule has 0 bridgehead atoms. The third kappa shape index (κ3) is 3.36. The van der Waals surface area contributed by atoms with Crippen molar-refractivity contribution in [2.24, 2.45) is 0 Å².